The lowest BCUT2D eigenvalue weighted by Crippen LogP contribution is -2.59. The van der Waals surface area contributed by atoms with Crippen molar-refractivity contribution < 1.29 is 9.59 Å². The number of aromatic nitrogens is 2. The number of hydrogen-bond donors (Lipinski definition) is 1. The van der Waals surface area contributed by atoms with E-state index in [9.17, 15) is 9.59 Å². The Bertz CT molecular complexity index is 1120. The molecule has 1 aliphatic carbocycles. The van der Waals surface area contributed by atoms with Gasteiger partial charge in [-0.15, -0.1) is 10.2 Å². The molecule has 5 rings (SSSR count). The predicted molar refractivity (Wildman–Crippen MR) is 120 cm³/mol. The molecule has 2 amide bonds. The number of aryl methyl sites for hydroxylation is 1. The summed E-state index contributed by atoms with van der Waals surface area (Å²) in [7, 11) is 0. The number of benzene rings is 2. The van der Waals surface area contributed by atoms with Crippen molar-refractivity contribution in [3.8, 4) is 0 Å². The maximum atomic E-state index is 13.7. The van der Waals surface area contributed by atoms with Crippen molar-refractivity contribution in [2.75, 3.05) is 5.32 Å². The van der Waals surface area contributed by atoms with Gasteiger partial charge in [0.15, 0.2) is 0 Å². The zero-order valence-corrected chi connectivity index (χ0v) is 18.2. The second-order valence-corrected chi connectivity index (χ2v) is 9.50. The summed E-state index contributed by atoms with van der Waals surface area (Å²) < 4.78 is 0. The van der Waals surface area contributed by atoms with Crippen LogP contribution in [0.5, 0.6) is 0 Å². The van der Waals surface area contributed by atoms with E-state index in [1.807, 2.05) is 66.4 Å². The Morgan fingerprint density at radius 2 is 1.81 bits per heavy atom. The van der Waals surface area contributed by atoms with Crippen LogP contribution in [-0.2, 0) is 11.3 Å². The molecule has 7 heteroatoms. The van der Waals surface area contributed by atoms with Crippen LogP contribution < -0.4 is 5.32 Å². The third-order valence-electron chi connectivity index (χ3n) is 6.49. The summed E-state index contributed by atoms with van der Waals surface area (Å²) in [6.07, 6.45) is 3.63. The Labute approximate surface area is 185 Å². The van der Waals surface area contributed by atoms with Gasteiger partial charge in [-0.25, -0.2) is 0 Å². The van der Waals surface area contributed by atoms with E-state index in [0.29, 0.717) is 17.2 Å². The summed E-state index contributed by atoms with van der Waals surface area (Å²) in [4.78, 5) is 29.3. The lowest BCUT2D eigenvalue weighted by atomic mass is 9.71. The highest BCUT2D eigenvalue weighted by molar-refractivity contribution is 7.15. The second kappa shape index (κ2) is 7.89. The van der Waals surface area contributed by atoms with Gasteiger partial charge in [-0.2, -0.15) is 0 Å². The summed E-state index contributed by atoms with van der Waals surface area (Å²) in [6, 6.07) is 17.6. The van der Waals surface area contributed by atoms with Gasteiger partial charge in [0.2, 0.25) is 11.0 Å². The highest BCUT2D eigenvalue weighted by atomic mass is 32.1. The first-order valence-electron chi connectivity index (χ1n) is 10.6. The van der Waals surface area contributed by atoms with Crippen LogP contribution in [0.25, 0.3) is 0 Å². The molecule has 0 saturated heterocycles. The normalized spacial score (nSPS) is 19.5. The van der Waals surface area contributed by atoms with Crippen LogP contribution in [0.4, 0.5) is 5.13 Å². The number of carbonyl (C=O) groups excluding carboxylic acids is 2. The Morgan fingerprint density at radius 3 is 2.52 bits per heavy atom. The molecule has 6 nitrogen and oxygen atoms in total. The molecule has 158 valence electrons. The molecule has 2 aliphatic rings. The molecular formula is C24H24N4O2S. The summed E-state index contributed by atoms with van der Waals surface area (Å²) in [5.41, 5.74) is 1.97. The summed E-state index contributed by atoms with van der Waals surface area (Å²) in [5, 5.41) is 12.4. The molecular weight excluding hydrogens is 408 g/mol. The van der Waals surface area contributed by atoms with E-state index in [0.717, 1.165) is 41.8 Å². The van der Waals surface area contributed by atoms with E-state index in [1.165, 1.54) is 11.3 Å². The van der Waals surface area contributed by atoms with Crippen molar-refractivity contribution >= 4 is 28.3 Å². The van der Waals surface area contributed by atoms with Gasteiger partial charge in [-0.05, 0) is 37.0 Å². The molecule has 1 fully saturated rings. The molecule has 0 radical (unpaired) electrons. The molecule has 1 spiro atoms. The number of carbonyl (C=O) groups is 2. The van der Waals surface area contributed by atoms with E-state index in [-0.39, 0.29) is 11.8 Å². The summed E-state index contributed by atoms with van der Waals surface area (Å²) in [5.74, 6) is -0.551. The fourth-order valence-corrected chi connectivity index (χ4v) is 5.78. The first kappa shape index (κ1) is 19.9. The van der Waals surface area contributed by atoms with Crippen LogP contribution in [0.3, 0.4) is 0 Å². The van der Waals surface area contributed by atoms with E-state index in [2.05, 4.69) is 15.5 Å². The zero-order valence-electron chi connectivity index (χ0n) is 17.4. The molecule has 0 bridgehead atoms. The highest BCUT2D eigenvalue weighted by Crippen LogP contribution is 2.51. The minimum absolute atomic E-state index is 0.0113. The molecule has 1 atom stereocenters. The Kier molecular flexibility index (Phi) is 5.06. The molecule has 1 unspecified atom stereocenters. The van der Waals surface area contributed by atoms with E-state index < -0.39 is 11.5 Å². The number of rotatable bonds is 4. The molecule has 31 heavy (non-hydrogen) atoms. The van der Waals surface area contributed by atoms with Crippen molar-refractivity contribution in [2.24, 2.45) is 0 Å². The molecule has 2 aromatic carbocycles. The van der Waals surface area contributed by atoms with Crippen molar-refractivity contribution in [1.82, 2.24) is 15.1 Å². The van der Waals surface area contributed by atoms with Gasteiger partial charge in [-0.1, -0.05) is 72.7 Å². The standard InChI is InChI=1S/C24H24N4O2S/c1-16-26-27-23(31-16)25-21(29)20-18-11-5-6-12-19(18)22(30)28(24(20)13-7-8-14-24)15-17-9-3-2-4-10-17/h2-6,9-12,20H,7-8,13-15H2,1H3,(H,25,27,29). The van der Waals surface area contributed by atoms with Gasteiger partial charge >= 0.3 is 0 Å². The Hall–Kier alpha value is -3.06. The molecule has 1 saturated carbocycles. The average molecular weight is 433 g/mol. The van der Waals surface area contributed by atoms with Gasteiger partial charge in [0.1, 0.15) is 5.01 Å². The molecule has 1 aromatic heterocycles. The van der Waals surface area contributed by atoms with Gasteiger partial charge in [0.05, 0.1) is 11.5 Å². The van der Waals surface area contributed by atoms with Crippen molar-refractivity contribution in [3.05, 3.63) is 76.3 Å². The van der Waals surface area contributed by atoms with Crippen LogP contribution in [0.15, 0.2) is 54.6 Å². The van der Waals surface area contributed by atoms with Crippen molar-refractivity contribution in [1.29, 1.82) is 0 Å². The van der Waals surface area contributed by atoms with Gasteiger partial charge in [0, 0.05) is 12.1 Å². The van der Waals surface area contributed by atoms with E-state index in [4.69, 9.17) is 0 Å². The minimum Gasteiger partial charge on any atom is -0.327 e. The number of nitrogens with one attached hydrogen (secondary N) is 1. The fraction of sp³-hybridized carbons (Fsp3) is 0.333. The molecule has 1 N–H and O–H groups in total. The maximum Gasteiger partial charge on any atom is 0.254 e. The minimum atomic E-state index is -0.537. The zero-order chi connectivity index (χ0) is 21.4. The first-order valence-corrected chi connectivity index (χ1v) is 11.5. The Morgan fingerprint density at radius 1 is 1.10 bits per heavy atom. The number of amides is 2. The molecule has 1 aliphatic heterocycles. The topological polar surface area (TPSA) is 75.2 Å². The highest BCUT2D eigenvalue weighted by Gasteiger charge is 2.55. The number of nitrogens with zero attached hydrogens (tertiary/aromatic N) is 3. The lowest BCUT2D eigenvalue weighted by Gasteiger charge is -2.50. The van der Waals surface area contributed by atoms with Crippen LogP contribution in [0.2, 0.25) is 0 Å². The number of hydrogen-bond acceptors (Lipinski definition) is 5. The van der Waals surface area contributed by atoms with Gasteiger partial charge < -0.3 is 4.90 Å². The van der Waals surface area contributed by atoms with E-state index >= 15 is 0 Å². The van der Waals surface area contributed by atoms with Crippen molar-refractivity contribution in [2.45, 2.75) is 50.6 Å². The van der Waals surface area contributed by atoms with Gasteiger partial charge in [-0.3, -0.25) is 14.9 Å². The molecule has 3 aromatic rings. The smallest absolute Gasteiger partial charge is 0.254 e. The fourth-order valence-electron chi connectivity index (χ4n) is 5.19. The summed E-state index contributed by atoms with van der Waals surface area (Å²) in [6.45, 7) is 2.36. The van der Waals surface area contributed by atoms with Crippen molar-refractivity contribution in [3.63, 3.8) is 0 Å². The largest absolute Gasteiger partial charge is 0.327 e. The summed E-state index contributed by atoms with van der Waals surface area (Å²) >= 11 is 1.36. The Balaban J connectivity index is 1.60. The van der Waals surface area contributed by atoms with Gasteiger partial charge in [0.25, 0.3) is 5.91 Å². The third-order valence-corrected chi connectivity index (χ3v) is 7.25. The van der Waals surface area contributed by atoms with E-state index in [1.54, 1.807) is 0 Å². The first-order chi connectivity index (χ1) is 15.1. The van der Waals surface area contributed by atoms with Crippen LogP contribution in [0.1, 0.15) is 58.1 Å². The third kappa shape index (κ3) is 3.43. The lowest BCUT2D eigenvalue weighted by molar-refractivity contribution is -0.121. The SMILES string of the molecule is Cc1nnc(NC(=O)C2c3ccccc3C(=O)N(Cc3ccccc3)C23CCCC3)s1. The monoisotopic (exact) mass is 432 g/mol. The average Bonchev–Trinajstić information content (AvgIpc) is 3.42. The van der Waals surface area contributed by atoms with Crippen LogP contribution in [0, 0.1) is 6.92 Å². The molecule has 2 heterocycles. The second-order valence-electron chi connectivity index (χ2n) is 8.32. The number of fused-ring (bicyclic) bond motifs is 1. The van der Waals surface area contributed by atoms with Crippen LogP contribution in [-0.4, -0.2) is 32.5 Å². The number of anilines is 1. The quantitative estimate of drug-likeness (QED) is 0.657. The van der Waals surface area contributed by atoms with Crippen LogP contribution >= 0.6 is 11.3 Å². The predicted octanol–water partition coefficient (Wildman–Crippen LogP) is 4.54. The maximum absolute atomic E-state index is 13.7.